The molecule has 0 amide bonds. The summed E-state index contributed by atoms with van der Waals surface area (Å²) < 4.78 is 0. The fourth-order valence-corrected chi connectivity index (χ4v) is 2.39. The maximum atomic E-state index is 6.00. The van der Waals surface area contributed by atoms with E-state index in [-0.39, 0.29) is 0 Å². The molecule has 0 spiro atoms. The van der Waals surface area contributed by atoms with E-state index in [1.807, 2.05) is 0 Å². The highest BCUT2D eigenvalue weighted by Gasteiger charge is 2.22. The van der Waals surface area contributed by atoms with Gasteiger partial charge in [0.15, 0.2) is 0 Å². The van der Waals surface area contributed by atoms with Gasteiger partial charge in [-0.05, 0) is 36.9 Å². The lowest BCUT2D eigenvalue weighted by atomic mass is 9.96. The number of hydrogen-bond acceptors (Lipinski definition) is 2. The van der Waals surface area contributed by atoms with Gasteiger partial charge in [0.1, 0.15) is 0 Å². The molecule has 0 aromatic heterocycles. The Morgan fingerprint density at radius 2 is 1.42 bits per heavy atom. The molecule has 0 saturated heterocycles. The zero-order chi connectivity index (χ0) is 14.6. The van der Waals surface area contributed by atoms with Crippen LogP contribution < -0.4 is 5.73 Å². The summed E-state index contributed by atoms with van der Waals surface area (Å²) in [7, 11) is 2.18. The quantitative estimate of drug-likeness (QED) is 0.845. The molecule has 19 heavy (non-hydrogen) atoms. The minimum absolute atomic E-state index is 0.304. The van der Waals surface area contributed by atoms with E-state index in [9.17, 15) is 0 Å². The molecule has 0 radical (unpaired) electrons. The van der Waals surface area contributed by atoms with Gasteiger partial charge < -0.3 is 5.73 Å². The smallest absolute Gasteiger partial charge is 0.0470 e. The van der Waals surface area contributed by atoms with Gasteiger partial charge in [-0.15, -0.1) is 0 Å². The largest absolute Gasteiger partial charge is 0.329 e. The van der Waals surface area contributed by atoms with Crippen molar-refractivity contribution < 1.29 is 0 Å². The maximum absolute atomic E-state index is 6.00. The molecule has 2 atom stereocenters. The normalized spacial score (nSPS) is 15.3. The van der Waals surface area contributed by atoms with Crippen molar-refractivity contribution in [3.05, 3.63) is 35.4 Å². The number of benzene rings is 1. The molecule has 2 unspecified atom stereocenters. The lowest BCUT2D eigenvalue weighted by Crippen LogP contribution is -2.39. The molecule has 1 rings (SSSR count). The number of nitrogens with zero attached hydrogens (tertiary/aromatic N) is 1. The Kier molecular flexibility index (Phi) is 6.02. The third-order valence-corrected chi connectivity index (χ3v) is 4.31. The number of nitrogens with two attached hydrogens (primary N) is 1. The van der Waals surface area contributed by atoms with Crippen LogP contribution in [0.2, 0.25) is 0 Å². The van der Waals surface area contributed by atoms with Crippen molar-refractivity contribution in [2.24, 2.45) is 11.7 Å². The second-order valence-electron chi connectivity index (χ2n) is 6.22. The molecule has 0 aliphatic heterocycles. The molecule has 0 bridgehead atoms. The van der Waals surface area contributed by atoms with Crippen LogP contribution in [-0.4, -0.2) is 24.5 Å². The van der Waals surface area contributed by atoms with Crippen LogP contribution >= 0.6 is 0 Å². The topological polar surface area (TPSA) is 29.3 Å². The molecule has 1 aromatic carbocycles. The van der Waals surface area contributed by atoms with Gasteiger partial charge in [-0.2, -0.15) is 0 Å². The zero-order valence-corrected chi connectivity index (χ0v) is 13.4. The number of hydrogen-bond donors (Lipinski definition) is 1. The predicted octanol–water partition coefficient (Wildman–Crippen LogP) is 3.79. The Labute approximate surface area is 119 Å². The Balaban J connectivity index is 2.90. The van der Waals surface area contributed by atoms with Crippen molar-refractivity contribution in [3.8, 4) is 0 Å². The molecule has 2 heteroatoms. The summed E-state index contributed by atoms with van der Waals surface area (Å²) in [6, 6.07) is 9.76. The average molecular weight is 262 g/mol. The zero-order valence-electron chi connectivity index (χ0n) is 13.4. The molecule has 0 saturated carbocycles. The van der Waals surface area contributed by atoms with Gasteiger partial charge >= 0.3 is 0 Å². The van der Waals surface area contributed by atoms with Gasteiger partial charge in [-0.3, -0.25) is 4.90 Å². The molecule has 0 heterocycles. The molecular weight excluding hydrogens is 232 g/mol. The van der Waals surface area contributed by atoms with Crippen LogP contribution in [0.1, 0.15) is 57.7 Å². The summed E-state index contributed by atoms with van der Waals surface area (Å²) in [5.74, 6) is 1.21. The highest BCUT2D eigenvalue weighted by Crippen LogP contribution is 2.25. The van der Waals surface area contributed by atoms with Gasteiger partial charge in [-0.25, -0.2) is 0 Å². The molecular formula is C17H30N2. The van der Waals surface area contributed by atoms with Crippen LogP contribution in [-0.2, 0) is 0 Å². The second kappa shape index (κ2) is 7.06. The molecule has 108 valence electrons. The van der Waals surface area contributed by atoms with Crippen molar-refractivity contribution in [3.63, 3.8) is 0 Å². The molecule has 2 N–H and O–H groups in total. The van der Waals surface area contributed by atoms with Crippen LogP contribution in [0.3, 0.4) is 0 Å². The van der Waals surface area contributed by atoms with E-state index in [0.29, 0.717) is 30.5 Å². The molecule has 0 aliphatic rings. The van der Waals surface area contributed by atoms with Crippen LogP contribution in [0.15, 0.2) is 24.3 Å². The van der Waals surface area contributed by atoms with E-state index >= 15 is 0 Å². The number of likely N-dealkylation sites (N-methyl/N-ethyl adjacent to an activating group) is 1. The van der Waals surface area contributed by atoms with Crippen LogP contribution in [0.5, 0.6) is 0 Å². The van der Waals surface area contributed by atoms with Gasteiger partial charge in [0.25, 0.3) is 0 Å². The van der Waals surface area contributed by atoms with Crippen molar-refractivity contribution >= 4 is 0 Å². The van der Waals surface area contributed by atoms with Gasteiger partial charge in [0.05, 0.1) is 0 Å². The first-order valence-electron chi connectivity index (χ1n) is 7.40. The fourth-order valence-electron chi connectivity index (χ4n) is 2.39. The van der Waals surface area contributed by atoms with E-state index in [1.54, 1.807) is 0 Å². The third kappa shape index (κ3) is 4.05. The van der Waals surface area contributed by atoms with Crippen molar-refractivity contribution in [2.75, 3.05) is 13.6 Å². The molecule has 1 aromatic rings. The predicted molar refractivity (Wildman–Crippen MR) is 84.4 cm³/mol. The first-order valence-corrected chi connectivity index (χ1v) is 7.40. The van der Waals surface area contributed by atoms with Gasteiger partial charge in [0.2, 0.25) is 0 Å². The van der Waals surface area contributed by atoms with E-state index in [2.05, 4.69) is 70.8 Å². The van der Waals surface area contributed by atoms with Crippen LogP contribution in [0.4, 0.5) is 0 Å². The maximum Gasteiger partial charge on any atom is 0.0470 e. The molecule has 0 fully saturated rings. The highest BCUT2D eigenvalue weighted by atomic mass is 15.2. The Hall–Kier alpha value is -0.860. The SMILES string of the molecule is CC(C)c1ccc(C(CN)N(C)C(C)C(C)C)cc1. The van der Waals surface area contributed by atoms with Crippen molar-refractivity contribution in [1.82, 2.24) is 4.90 Å². The summed E-state index contributed by atoms with van der Waals surface area (Å²) in [5.41, 5.74) is 8.71. The average Bonchev–Trinajstić information content (AvgIpc) is 2.38. The first kappa shape index (κ1) is 16.2. The minimum atomic E-state index is 0.304. The standard InChI is InChI=1S/C17H30N2/c1-12(2)14(5)19(6)17(11-18)16-9-7-15(8-10-16)13(3)4/h7-10,12-14,17H,11,18H2,1-6H3. The molecule has 0 aliphatic carbocycles. The molecule has 2 nitrogen and oxygen atoms in total. The van der Waals surface area contributed by atoms with E-state index < -0.39 is 0 Å². The minimum Gasteiger partial charge on any atom is -0.329 e. The Morgan fingerprint density at radius 1 is 0.947 bits per heavy atom. The third-order valence-electron chi connectivity index (χ3n) is 4.31. The summed E-state index contributed by atoms with van der Waals surface area (Å²) in [6.07, 6.45) is 0. The number of rotatable bonds is 6. The summed E-state index contributed by atoms with van der Waals surface area (Å²) in [4.78, 5) is 2.40. The van der Waals surface area contributed by atoms with Gasteiger partial charge in [-0.1, -0.05) is 52.0 Å². The second-order valence-corrected chi connectivity index (χ2v) is 6.22. The summed E-state index contributed by atoms with van der Waals surface area (Å²) in [5, 5.41) is 0. The van der Waals surface area contributed by atoms with Crippen LogP contribution in [0.25, 0.3) is 0 Å². The van der Waals surface area contributed by atoms with Gasteiger partial charge in [0, 0.05) is 18.6 Å². The van der Waals surface area contributed by atoms with E-state index in [4.69, 9.17) is 5.73 Å². The van der Waals surface area contributed by atoms with E-state index in [0.717, 1.165) is 0 Å². The summed E-state index contributed by atoms with van der Waals surface area (Å²) in [6.45, 7) is 11.9. The Morgan fingerprint density at radius 3 is 1.79 bits per heavy atom. The Bertz CT molecular complexity index is 367. The fraction of sp³-hybridized carbons (Fsp3) is 0.647. The van der Waals surface area contributed by atoms with Crippen molar-refractivity contribution in [1.29, 1.82) is 0 Å². The van der Waals surface area contributed by atoms with Crippen LogP contribution in [0, 0.1) is 5.92 Å². The monoisotopic (exact) mass is 262 g/mol. The summed E-state index contributed by atoms with van der Waals surface area (Å²) >= 11 is 0. The van der Waals surface area contributed by atoms with Crippen molar-refractivity contribution in [2.45, 2.75) is 52.6 Å². The lowest BCUT2D eigenvalue weighted by Gasteiger charge is -2.35. The lowest BCUT2D eigenvalue weighted by molar-refractivity contribution is 0.152. The van der Waals surface area contributed by atoms with E-state index in [1.165, 1.54) is 11.1 Å². The highest BCUT2D eigenvalue weighted by molar-refractivity contribution is 5.27. The first-order chi connectivity index (χ1) is 8.88.